The van der Waals surface area contributed by atoms with Gasteiger partial charge in [-0.25, -0.2) is 12.8 Å². The number of likely N-dealkylation sites (tertiary alicyclic amines) is 1. The molecule has 1 aliphatic heterocycles. The summed E-state index contributed by atoms with van der Waals surface area (Å²) in [7, 11) is -4.08. The lowest BCUT2D eigenvalue weighted by atomic mass is 10.1. The van der Waals surface area contributed by atoms with Crippen LogP contribution >= 0.6 is 23.2 Å². The molecule has 1 fully saturated rings. The van der Waals surface area contributed by atoms with Crippen LogP contribution < -0.4 is 4.72 Å². The number of nitrogens with zero attached hydrogens (tertiary/aromatic N) is 1. The first-order chi connectivity index (χ1) is 12.3. The van der Waals surface area contributed by atoms with Crippen molar-refractivity contribution < 1.29 is 17.6 Å². The zero-order chi connectivity index (χ0) is 18.9. The molecule has 1 heterocycles. The number of sulfonamides is 1. The van der Waals surface area contributed by atoms with Gasteiger partial charge in [0.25, 0.3) is 15.9 Å². The van der Waals surface area contributed by atoms with Gasteiger partial charge in [-0.05, 0) is 49.2 Å². The summed E-state index contributed by atoms with van der Waals surface area (Å²) in [6, 6.07) is 7.44. The Morgan fingerprint density at radius 2 is 1.77 bits per heavy atom. The van der Waals surface area contributed by atoms with E-state index in [1.165, 1.54) is 18.2 Å². The maximum absolute atomic E-state index is 13.3. The molecule has 3 rings (SSSR count). The highest BCUT2D eigenvalue weighted by Gasteiger charge is 2.24. The minimum Gasteiger partial charge on any atom is -0.339 e. The summed E-state index contributed by atoms with van der Waals surface area (Å²) in [5, 5.41) is -0.0369. The van der Waals surface area contributed by atoms with Crippen molar-refractivity contribution in [2.45, 2.75) is 17.7 Å². The van der Waals surface area contributed by atoms with E-state index in [9.17, 15) is 17.6 Å². The normalized spacial score (nSPS) is 14.5. The molecule has 0 aliphatic carbocycles. The van der Waals surface area contributed by atoms with Crippen molar-refractivity contribution in [3.05, 3.63) is 57.8 Å². The van der Waals surface area contributed by atoms with Gasteiger partial charge in [0, 0.05) is 18.1 Å². The molecule has 26 heavy (non-hydrogen) atoms. The number of carbonyl (C=O) groups excluding carboxylic acids is 1. The van der Waals surface area contributed by atoms with Crippen molar-refractivity contribution >= 4 is 44.8 Å². The summed E-state index contributed by atoms with van der Waals surface area (Å²) in [5.74, 6) is -0.993. The molecular formula is C17H15Cl2FN2O3S. The van der Waals surface area contributed by atoms with Crippen LogP contribution in [0.4, 0.5) is 10.1 Å². The second kappa shape index (κ2) is 7.42. The highest BCUT2D eigenvalue weighted by Crippen LogP contribution is 2.27. The summed E-state index contributed by atoms with van der Waals surface area (Å²) in [6.45, 7) is 1.25. The highest BCUT2D eigenvalue weighted by molar-refractivity contribution is 7.92. The van der Waals surface area contributed by atoms with Gasteiger partial charge in [0.15, 0.2) is 0 Å². The zero-order valence-corrected chi connectivity index (χ0v) is 15.8. The first kappa shape index (κ1) is 18.9. The van der Waals surface area contributed by atoms with Gasteiger partial charge in [-0.3, -0.25) is 9.52 Å². The van der Waals surface area contributed by atoms with Crippen molar-refractivity contribution in [3.8, 4) is 0 Å². The molecular weight excluding hydrogens is 402 g/mol. The Morgan fingerprint density at radius 3 is 2.42 bits per heavy atom. The van der Waals surface area contributed by atoms with Crippen LogP contribution in [0.3, 0.4) is 0 Å². The highest BCUT2D eigenvalue weighted by atomic mass is 35.5. The molecule has 0 aromatic heterocycles. The molecule has 1 N–H and O–H groups in total. The number of rotatable bonds is 4. The quantitative estimate of drug-likeness (QED) is 0.812. The molecule has 0 bridgehead atoms. The largest absolute Gasteiger partial charge is 0.339 e. The van der Waals surface area contributed by atoms with Gasteiger partial charge < -0.3 is 4.90 Å². The number of hydrogen-bond acceptors (Lipinski definition) is 3. The second-order valence-electron chi connectivity index (χ2n) is 5.87. The van der Waals surface area contributed by atoms with Gasteiger partial charge in [-0.1, -0.05) is 23.2 Å². The third-order valence-corrected chi connectivity index (χ3v) is 5.94. The fourth-order valence-electron chi connectivity index (χ4n) is 2.73. The minimum absolute atomic E-state index is 0.0647. The number of hydrogen-bond donors (Lipinski definition) is 1. The lowest BCUT2D eigenvalue weighted by molar-refractivity contribution is 0.0794. The van der Waals surface area contributed by atoms with E-state index in [4.69, 9.17) is 23.2 Å². The van der Waals surface area contributed by atoms with Crippen LogP contribution in [0.5, 0.6) is 0 Å². The smallest absolute Gasteiger partial charge is 0.261 e. The molecule has 0 saturated carbocycles. The maximum Gasteiger partial charge on any atom is 0.261 e. The molecule has 0 spiro atoms. The summed E-state index contributed by atoms with van der Waals surface area (Å²) in [4.78, 5) is 14.1. The number of benzene rings is 2. The molecule has 138 valence electrons. The van der Waals surface area contributed by atoms with E-state index in [2.05, 4.69) is 4.72 Å². The Kier molecular flexibility index (Phi) is 5.41. The Balaban J connectivity index is 1.96. The molecule has 2 aromatic rings. The Bertz CT molecular complexity index is 960. The van der Waals surface area contributed by atoms with E-state index in [-0.39, 0.29) is 32.1 Å². The summed E-state index contributed by atoms with van der Waals surface area (Å²) in [5.41, 5.74) is 0.267. The van der Waals surface area contributed by atoms with Crippen molar-refractivity contribution in [1.82, 2.24) is 4.90 Å². The van der Waals surface area contributed by atoms with E-state index in [1.807, 2.05) is 0 Å². The van der Waals surface area contributed by atoms with Crippen LogP contribution in [0.15, 0.2) is 41.3 Å². The van der Waals surface area contributed by atoms with E-state index in [0.717, 1.165) is 31.0 Å². The van der Waals surface area contributed by atoms with Gasteiger partial charge >= 0.3 is 0 Å². The van der Waals surface area contributed by atoms with Crippen LogP contribution in [0.2, 0.25) is 10.0 Å². The molecule has 9 heteroatoms. The lowest BCUT2D eigenvalue weighted by Gasteiger charge is -2.18. The molecule has 1 saturated heterocycles. The first-order valence-corrected chi connectivity index (χ1v) is 10.1. The predicted molar refractivity (Wildman–Crippen MR) is 98.8 cm³/mol. The van der Waals surface area contributed by atoms with Crippen LogP contribution in [0.25, 0.3) is 0 Å². The van der Waals surface area contributed by atoms with Crippen LogP contribution in [-0.4, -0.2) is 32.3 Å². The molecule has 0 unspecified atom stereocenters. The number of nitrogens with one attached hydrogen (secondary N) is 1. The molecule has 1 aliphatic rings. The molecule has 2 aromatic carbocycles. The average Bonchev–Trinajstić information content (AvgIpc) is 3.11. The van der Waals surface area contributed by atoms with E-state index >= 15 is 0 Å². The van der Waals surface area contributed by atoms with E-state index in [1.54, 1.807) is 4.90 Å². The first-order valence-electron chi connectivity index (χ1n) is 7.84. The van der Waals surface area contributed by atoms with Crippen molar-refractivity contribution in [1.29, 1.82) is 0 Å². The van der Waals surface area contributed by atoms with Crippen LogP contribution in [0, 0.1) is 5.82 Å². The van der Waals surface area contributed by atoms with Gasteiger partial charge in [-0.15, -0.1) is 0 Å². The second-order valence-corrected chi connectivity index (χ2v) is 8.40. The molecule has 0 radical (unpaired) electrons. The summed E-state index contributed by atoms with van der Waals surface area (Å²) < 4.78 is 40.9. The SMILES string of the molecule is O=C(c1ccc(Cl)cc1NS(=O)(=O)c1ccc(F)c(Cl)c1)N1CCCC1. The lowest BCUT2D eigenvalue weighted by Crippen LogP contribution is -2.28. The van der Waals surface area contributed by atoms with E-state index in [0.29, 0.717) is 13.1 Å². The fraction of sp³-hybridized carbons (Fsp3) is 0.235. The standard InChI is InChI=1S/C17H15Cl2FN2O3S/c18-11-3-5-13(17(23)22-7-1-2-8-22)16(9-11)21-26(24,25)12-4-6-15(20)14(19)10-12/h3-6,9-10,21H,1-2,7-8H2. The Hall–Kier alpha value is -1.83. The fourth-order valence-corrected chi connectivity index (χ4v) is 4.24. The van der Waals surface area contributed by atoms with Crippen molar-refractivity contribution in [2.24, 2.45) is 0 Å². The Morgan fingerprint density at radius 1 is 1.08 bits per heavy atom. The van der Waals surface area contributed by atoms with E-state index < -0.39 is 15.8 Å². The number of amides is 1. The molecule has 5 nitrogen and oxygen atoms in total. The van der Waals surface area contributed by atoms with Gasteiger partial charge in [0.05, 0.1) is 21.2 Å². The average molecular weight is 417 g/mol. The number of halogens is 3. The van der Waals surface area contributed by atoms with Gasteiger partial charge in [-0.2, -0.15) is 0 Å². The number of anilines is 1. The summed E-state index contributed by atoms with van der Waals surface area (Å²) in [6.07, 6.45) is 1.82. The monoisotopic (exact) mass is 416 g/mol. The zero-order valence-electron chi connectivity index (χ0n) is 13.5. The van der Waals surface area contributed by atoms with Gasteiger partial charge in [0.2, 0.25) is 0 Å². The third-order valence-electron chi connectivity index (χ3n) is 4.05. The Labute approximate surface area is 160 Å². The van der Waals surface area contributed by atoms with Crippen LogP contribution in [-0.2, 0) is 10.0 Å². The van der Waals surface area contributed by atoms with Crippen LogP contribution in [0.1, 0.15) is 23.2 Å². The minimum atomic E-state index is -4.08. The topological polar surface area (TPSA) is 66.5 Å². The summed E-state index contributed by atoms with van der Waals surface area (Å²) >= 11 is 11.6. The van der Waals surface area contributed by atoms with Crippen molar-refractivity contribution in [3.63, 3.8) is 0 Å². The predicted octanol–water partition coefficient (Wildman–Crippen LogP) is 4.17. The molecule has 1 amide bonds. The maximum atomic E-state index is 13.3. The third kappa shape index (κ3) is 3.95. The number of carbonyl (C=O) groups is 1. The van der Waals surface area contributed by atoms with Crippen molar-refractivity contribution in [2.75, 3.05) is 17.8 Å². The van der Waals surface area contributed by atoms with Gasteiger partial charge in [0.1, 0.15) is 5.82 Å². The molecule has 0 atom stereocenters.